The molecule has 0 aliphatic rings. The van der Waals surface area contributed by atoms with Crippen LogP contribution in [0.2, 0.25) is 0 Å². The Morgan fingerprint density at radius 1 is 1.33 bits per heavy atom. The minimum atomic E-state index is 1.05. The van der Waals surface area contributed by atoms with Gasteiger partial charge in [-0.05, 0) is 0 Å². The number of hydrogen-bond donors (Lipinski definition) is 0. The molecule has 0 aliphatic carbocycles. The van der Waals surface area contributed by atoms with E-state index in [9.17, 15) is 0 Å². The molecule has 0 N–H and O–H groups in total. The van der Waals surface area contributed by atoms with E-state index in [0.29, 0.717) is 0 Å². The summed E-state index contributed by atoms with van der Waals surface area (Å²) in [7, 11) is 0. The first kappa shape index (κ1) is 9.44. The van der Waals surface area contributed by atoms with Crippen molar-refractivity contribution in [2.75, 3.05) is 0 Å². The van der Waals surface area contributed by atoms with E-state index in [1.54, 1.807) is 0 Å². The fourth-order valence-electron chi connectivity index (χ4n) is 1.01. The third-order valence-electron chi connectivity index (χ3n) is 1.96. The SMILES string of the molecule is C=C[C](=[Mn])c1ccc(C)c(C)c1. The monoisotopic (exact) mass is 199 g/mol. The number of aryl methyl sites for hydroxylation is 2. The van der Waals surface area contributed by atoms with E-state index in [1.165, 1.54) is 16.7 Å². The zero-order valence-corrected chi connectivity index (χ0v) is 8.57. The molecule has 0 nitrogen and oxygen atoms in total. The average molecular weight is 199 g/mol. The Balaban J connectivity index is 3.13. The second-order valence-corrected chi connectivity index (χ2v) is 3.49. The maximum absolute atomic E-state index is 3.71. The van der Waals surface area contributed by atoms with Crippen molar-refractivity contribution in [3.8, 4) is 0 Å². The number of benzene rings is 1. The minimum absolute atomic E-state index is 1.05. The van der Waals surface area contributed by atoms with Crippen molar-refractivity contribution < 1.29 is 15.6 Å². The summed E-state index contributed by atoms with van der Waals surface area (Å²) in [6.07, 6.45) is 1.81. The van der Waals surface area contributed by atoms with Gasteiger partial charge in [0.1, 0.15) is 0 Å². The summed E-state index contributed by atoms with van der Waals surface area (Å²) < 4.78 is 1.05. The molecule has 0 heterocycles. The molecule has 0 atom stereocenters. The van der Waals surface area contributed by atoms with E-state index < -0.39 is 0 Å². The summed E-state index contributed by atoms with van der Waals surface area (Å²) in [5.41, 5.74) is 3.82. The van der Waals surface area contributed by atoms with Crippen LogP contribution in [0.4, 0.5) is 0 Å². The standard InChI is InChI=1S/C11H12.Mn/c1-4-5-11-7-6-9(2)10(3)8-11;/h4,6-8H,1H2,2-3H3;. The summed E-state index contributed by atoms with van der Waals surface area (Å²) in [4.78, 5) is 0. The summed E-state index contributed by atoms with van der Waals surface area (Å²) in [6, 6.07) is 6.37. The van der Waals surface area contributed by atoms with E-state index >= 15 is 0 Å². The molecule has 0 saturated carbocycles. The predicted molar refractivity (Wildman–Crippen MR) is 50.2 cm³/mol. The van der Waals surface area contributed by atoms with Gasteiger partial charge in [-0.1, -0.05) is 0 Å². The van der Waals surface area contributed by atoms with Gasteiger partial charge in [0.05, 0.1) is 0 Å². The first-order valence-corrected chi connectivity index (χ1v) is 4.46. The second kappa shape index (κ2) is 3.84. The summed E-state index contributed by atoms with van der Waals surface area (Å²) in [5, 5.41) is 0. The molecule has 0 spiro atoms. The van der Waals surface area contributed by atoms with E-state index in [2.05, 4.69) is 54.2 Å². The molecule has 0 aromatic heterocycles. The van der Waals surface area contributed by atoms with E-state index in [4.69, 9.17) is 0 Å². The van der Waals surface area contributed by atoms with Crippen LogP contribution in [-0.2, 0) is 15.6 Å². The molecule has 0 unspecified atom stereocenters. The van der Waals surface area contributed by atoms with Gasteiger partial charge in [-0.25, -0.2) is 0 Å². The van der Waals surface area contributed by atoms with Crippen molar-refractivity contribution in [1.82, 2.24) is 0 Å². The summed E-state index contributed by atoms with van der Waals surface area (Å²) in [6.45, 7) is 7.93. The van der Waals surface area contributed by atoms with Gasteiger partial charge in [-0.3, -0.25) is 0 Å². The number of allylic oxidation sites excluding steroid dienone is 1. The van der Waals surface area contributed by atoms with E-state index in [1.807, 2.05) is 6.08 Å². The molecule has 0 amide bonds. The van der Waals surface area contributed by atoms with Crippen molar-refractivity contribution >= 4 is 4.42 Å². The molecule has 12 heavy (non-hydrogen) atoms. The molecule has 63 valence electrons. The molecule has 1 rings (SSSR count). The third kappa shape index (κ3) is 1.94. The molecule has 0 radical (unpaired) electrons. The fourth-order valence-corrected chi connectivity index (χ4v) is 1.19. The van der Waals surface area contributed by atoms with Crippen molar-refractivity contribution in [1.29, 1.82) is 0 Å². The molecular formula is C11H12Mn. The van der Waals surface area contributed by atoms with Gasteiger partial charge < -0.3 is 0 Å². The molecule has 0 saturated heterocycles. The predicted octanol–water partition coefficient (Wildman–Crippen LogP) is 2.56. The number of rotatable bonds is 2. The second-order valence-electron chi connectivity index (χ2n) is 2.85. The van der Waals surface area contributed by atoms with Crippen LogP contribution in [0.25, 0.3) is 0 Å². The Morgan fingerprint density at radius 2 is 2.00 bits per heavy atom. The van der Waals surface area contributed by atoms with Crippen LogP contribution in [0.15, 0.2) is 30.9 Å². The Morgan fingerprint density at radius 3 is 2.50 bits per heavy atom. The molecule has 0 aliphatic heterocycles. The van der Waals surface area contributed by atoms with Gasteiger partial charge in [0.2, 0.25) is 0 Å². The van der Waals surface area contributed by atoms with Crippen LogP contribution in [0, 0.1) is 13.8 Å². The Hall–Kier alpha value is -0.651. The first-order valence-electron chi connectivity index (χ1n) is 3.87. The van der Waals surface area contributed by atoms with Crippen LogP contribution in [0.3, 0.4) is 0 Å². The van der Waals surface area contributed by atoms with Crippen LogP contribution < -0.4 is 0 Å². The molecule has 1 aromatic carbocycles. The third-order valence-corrected chi connectivity index (χ3v) is 2.54. The van der Waals surface area contributed by atoms with E-state index in [-0.39, 0.29) is 0 Å². The molecule has 1 aromatic rings. The fraction of sp³-hybridized carbons (Fsp3) is 0.182. The van der Waals surface area contributed by atoms with Gasteiger partial charge in [-0.15, -0.1) is 0 Å². The maximum atomic E-state index is 3.71. The van der Waals surface area contributed by atoms with Crippen molar-refractivity contribution in [2.24, 2.45) is 0 Å². The van der Waals surface area contributed by atoms with Crippen molar-refractivity contribution in [3.63, 3.8) is 0 Å². The van der Waals surface area contributed by atoms with Crippen molar-refractivity contribution in [3.05, 3.63) is 47.5 Å². The quantitative estimate of drug-likeness (QED) is 0.642. The van der Waals surface area contributed by atoms with Gasteiger partial charge in [0, 0.05) is 0 Å². The van der Waals surface area contributed by atoms with E-state index in [0.717, 1.165) is 4.42 Å². The average Bonchev–Trinajstić information content (AvgIpc) is 2.08. The van der Waals surface area contributed by atoms with Gasteiger partial charge in [-0.2, -0.15) is 0 Å². The normalized spacial score (nSPS) is 9.50. The van der Waals surface area contributed by atoms with Crippen LogP contribution in [0.1, 0.15) is 16.7 Å². The first-order chi connectivity index (χ1) is 5.65. The molecule has 1 heteroatoms. The van der Waals surface area contributed by atoms with Crippen LogP contribution in [-0.4, -0.2) is 4.42 Å². The van der Waals surface area contributed by atoms with Crippen LogP contribution in [0.5, 0.6) is 0 Å². The number of hydrogen-bond acceptors (Lipinski definition) is 0. The summed E-state index contributed by atoms with van der Waals surface area (Å²) in [5.74, 6) is 0. The Kier molecular flexibility index (Phi) is 3.02. The molecular weight excluding hydrogens is 187 g/mol. The zero-order chi connectivity index (χ0) is 9.14. The molecule has 0 bridgehead atoms. The van der Waals surface area contributed by atoms with Gasteiger partial charge >= 0.3 is 81.4 Å². The Labute approximate surface area is 81.7 Å². The van der Waals surface area contributed by atoms with Gasteiger partial charge in [0.15, 0.2) is 0 Å². The van der Waals surface area contributed by atoms with Crippen molar-refractivity contribution in [2.45, 2.75) is 13.8 Å². The summed E-state index contributed by atoms with van der Waals surface area (Å²) >= 11 is 3.44. The molecule has 0 fully saturated rings. The van der Waals surface area contributed by atoms with Gasteiger partial charge in [0.25, 0.3) is 0 Å². The zero-order valence-electron chi connectivity index (χ0n) is 7.39. The van der Waals surface area contributed by atoms with Crippen LogP contribution >= 0.6 is 0 Å². The topological polar surface area (TPSA) is 0 Å². The Bertz CT molecular complexity index is 324.